The van der Waals surface area contributed by atoms with Crippen molar-refractivity contribution in [3.63, 3.8) is 0 Å². The summed E-state index contributed by atoms with van der Waals surface area (Å²) in [6.07, 6.45) is 9.62. The molecule has 3 aliphatic rings. The van der Waals surface area contributed by atoms with E-state index >= 15 is 0 Å². The number of nitrogens with zero attached hydrogens (tertiary/aromatic N) is 7. The third-order valence-electron chi connectivity index (χ3n) is 14.6. The lowest BCUT2D eigenvalue weighted by Gasteiger charge is -2.27. The van der Waals surface area contributed by atoms with Crippen molar-refractivity contribution in [1.29, 1.82) is 0 Å². The Morgan fingerprint density at radius 2 is 0.863 bits per heavy atom. The van der Waals surface area contributed by atoms with E-state index in [1.54, 1.807) is 117 Å². The molecule has 0 radical (unpaired) electrons. The van der Waals surface area contributed by atoms with Crippen LogP contribution >= 0.6 is 0 Å². The van der Waals surface area contributed by atoms with Gasteiger partial charge < -0.3 is 56.7 Å². The van der Waals surface area contributed by atoms with Gasteiger partial charge in [-0.1, -0.05) is 56.7 Å². The molecule has 0 saturated carbocycles. The van der Waals surface area contributed by atoms with Crippen molar-refractivity contribution in [1.82, 2.24) is 35.5 Å². The van der Waals surface area contributed by atoms with Crippen LogP contribution < -0.4 is 47.4 Å². The zero-order valence-electron chi connectivity index (χ0n) is 54.3. The summed E-state index contributed by atoms with van der Waals surface area (Å²) in [5.74, 6) is -0.435. The van der Waals surface area contributed by atoms with E-state index in [1.807, 2.05) is 60.7 Å². The number of sulfonamides is 3. The highest BCUT2D eigenvalue weighted by molar-refractivity contribution is 7.90. The fraction of sp³-hybridized carbons (Fsp3) is 0.348. The normalized spacial score (nSPS) is 14.9. The van der Waals surface area contributed by atoms with Crippen molar-refractivity contribution < 1.29 is 58.6 Å². The number of fused-ring (bicyclic) bond motifs is 3. The first kappa shape index (κ1) is 71.3. The summed E-state index contributed by atoms with van der Waals surface area (Å²) in [6, 6.07) is 29.6. The zero-order chi connectivity index (χ0) is 69.1. The predicted octanol–water partition coefficient (Wildman–Crippen LogP) is 6.16. The van der Waals surface area contributed by atoms with E-state index in [9.17, 15) is 39.6 Å². The smallest absolute Gasteiger partial charge is 0.259 e. The molecule has 3 aliphatic heterocycles. The summed E-state index contributed by atoms with van der Waals surface area (Å²) in [6.45, 7) is 16.5. The van der Waals surface area contributed by atoms with Crippen molar-refractivity contribution in [3.05, 3.63) is 201 Å². The molecule has 95 heavy (non-hydrogen) atoms. The number of methoxy groups -OCH3 is 1. The lowest BCUT2D eigenvalue weighted by molar-refractivity contribution is 0.0872. The second kappa shape index (κ2) is 29.8. The first-order chi connectivity index (χ1) is 44.8. The summed E-state index contributed by atoms with van der Waals surface area (Å²) >= 11 is 0. The van der Waals surface area contributed by atoms with E-state index in [0.717, 1.165) is 30.7 Å². The molecule has 0 spiro atoms. The molecular formula is C66H79N13O13S3. The number of aromatic nitrogens is 4. The van der Waals surface area contributed by atoms with Crippen LogP contribution in [-0.4, -0.2) is 124 Å². The van der Waals surface area contributed by atoms with E-state index in [4.69, 9.17) is 36.1 Å². The summed E-state index contributed by atoms with van der Waals surface area (Å²) in [4.78, 5) is 51.1. The van der Waals surface area contributed by atoms with E-state index < -0.39 is 46.7 Å². The summed E-state index contributed by atoms with van der Waals surface area (Å²) in [5, 5.41) is 8.89. The molecule has 7 heterocycles. The first-order valence-corrected chi connectivity index (χ1v) is 35.0. The molecule has 29 heteroatoms. The fourth-order valence-electron chi connectivity index (χ4n) is 10.2. The number of rotatable bonds is 22. The van der Waals surface area contributed by atoms with Crippen LogP contribution in [0.2, 0.25) is 0 Å². The van der Waals surface area contributed by atoms with E-state index in [0.29, 0.717) is 86.2 Å². The van der Waals surface area contributed by atoms with Gasteiger partial charge in [0, 0.05) is 60.0 Å². The highest BCUT2D eigenvalue weighted by atomic mass is 32.2. The molecule has 0 fully saturated rings. The summed E-state index contributed by atoms with van der Waals surface area (Å²) in [7, 11) is -9.31. The van der Waals surface area contributed by atoms with Crippen LogP contribution in [0.25, 0.3) is 0 Å². The highest BCUT2D eigenvalue weighted by Crippen LogP contribution is 2.32. The number of carbonyl (C=O) groups excluding carboxylic acids is 3. The van der Waals surface area contributed by atoms with Gasteiger partial charge in [0.2, 0.25) is 0 Å². The molecule has 26 nitrogen and oxygen atoms in total. The third kappa shape index (κ3) is 19.5. The lowest BCUT2D eigenvalue weighted by atomic mass is 10.0. The maximum Gasteiger partial charge on any atom is 0.259 e. The van der Waals surface area contributed by atoms with Gasteiger partial charge in [0.1, 0.15) is 54.6 Å². The van der Waals surface area contributed by atoms with E-state index in [-0.39, 0.29) is 72.3 Å². The number of benzene rings is 3. The van der Waals surface area contributed by atoms with Crippen LogP contribution in [0.1, 0.15) is 149 Å². The van der Waals surface area contributed by atoms with Crippen molar-refractivity contribution in [3.8, 4) is 17.2 Å². The Labute approximate surface area is 553 Å². The number of hydrogen-bond donors (Lipinski definition) is 6. The molecular weight excluding hydrogens is 1280 g/mol. The molecule has 504 valence electrons. The number of amides is 3. The molecule has 0 saturated heterocycles. The Hall–Kier alpha value is -9.58. The second-order valence-corrected chi connectivity index (χ2v) is 29.5. The highest BCUT2D eigenvalue weighted by Gasteiger charge is 2.32. The largest absolute Gasteiger partial charge is 0.490 e. The predicted molar refractivity (Wildman–Crippen MR) is 361 cm³/mol. The first-order valence-electron chi connectivity index (χ1n) is 30.2. The zero-order valence-corrected chi connectivity index (χ0v) is 56.7. The number of nitrogens with one attached hydrogen (secondary N) is 3. The molecule has 3 amide bonds. The Morgan fingerprint density at radius 1 is 0.505 bits per heavy atom. The van der Waals surface area contributed by atoms with Gasteiger partial charge >= 0.3 is 0 Å². The minimum atomic E-state index is -3.63. The Morgan fingerprint density at radius 3 is 1.23 bits per heavy atom. The topological polar surface area (TPSA) is 385 Å². The van der Waals surface area contributed by atoms with Crippen LogP contribution in [0.5, 0.6) is 17.2 Å². The van der Waals surface area contributed by atoms with Gasteiger partial charge in [0.05, 0.1) is 75.1 Å². The van der Waals surface area contributed by atoms with Crippen LogP contribution in [0.15, 0.2) is 141 Å². The van der Waals surface area contributed by atoms with Crippen molar-refractivity contribution in [2.24, 2.45) is 30.4 Å². The van der Waals surface area contributed by atoms with E-state index in [1.165, 1.54) is 5.69 Å². The molecule has 0 bridgehead atoms. The number of carbonyl (C=O) groups is 3. The minimum Gasteiger partial charge on any atom is -0.490 e. The van der Waals surface area contributed by atoms with Gasteiger partial charge in [-0.15, -0.1) is 13.2 Å². The van der Waals surface area contributed by atoms with Crippen molar-refractivity contribution in [2.75, 3.05) is 26.9 Å². The Balaban J connectivity index is 0.000000184. The Bertz CT molecular complexity index is 4470. The molecule has 9 N–H and O–H groups in total. The molecule has 0 aliphatic carbocycles. The third-order valence-corrected chi connectivity index (χ3v) is 18.1. The molecule has 4 aromatic heterocycles. The maximum absolute atomic E-state index is 13.0. The maximum atomic E-state index is 13.0. The Kier molecular flexibility index (Phi) is 22.4. The van der Waals surface area contributed by atoms with Gasteiger partial charge in [-0.05, 0) is 138 Å². The van der Waals surface area contributed by atoms with Gasteiger partial charge in [0.15, 0.2) is 0 Å². The van der Waals surface area contributed by atoms with Crippen LogP contribution in [0.4, 0.5) is 0 Å². The second-order valence-electron chi connectivity index (χ2n) is 24.6. The quantitative estimate of drug-likeness (QED) is 0.0442. The fourth-order valence-corrected chi connectivity index (χ4v) is 13.5. The molecule has 0 atom stereocenters. The van der Waals surface area contributed by atoms with Crippen molar-refractivity contribution in [2.45, 2.75) is 122 Å². The molecule has 0 unspecified atom stereocenters. The van der Waals surface area contributed by atoms with Crippen LogP contribution in [-0.2, 0) is 78.1 Å². The average molecular weight is 1360 g/mol. The van der Waals surface area contributed by atoms with Crippen LogP contribution in [0.3, 0.4) is 0 Å². The van der Waals surface area contributed by atoms with Gasteiger partial charge in [-0.25, -0.2) is 25.3 Å². The average Bonchev–Trinajstić information content (AvgIpc) is 1.17. The number of pyridine rings is 3. The van der Waals surface area contributed by atoms with Gasteiger partial charge in [-0.2, -0.15) is 0 Å². The number of nitrogens with two attached hydrogens (primary N) is 3. The SMILES string of the molecule is CCCc1cccn1Cc1cc(C(=O)NC(C)(C)COc2cccc3c2C(N)=NS(=O)(=O)C3)ccn1.CCc1cc(C(=O)NC(C)(C)COc2cccc3c2C(N)=NS(=O)(=O)C3)ccn1.COCc1cc(C(=O)NC(C)(C)COc2cccc3c2C(N)=NS(=O)(=O)C3)ccn1. The molecule has 10 rings (SSSR count). The number of hydrogen-bond acceptors (Lipinski definition) is 19. The van der Waals surface area contributed by atoms with E-state index in [2.05, 4.69) is 61.7 Å². The van der Waals surface area contributed by atoms with Gasteiger partial charge in [0.25, 0.3) is 47.8 Å². The van der Waals surface area contributed by atoms with Gasteiger partial charge in [-0.3, -0.25) is 29.3 Å². The summed E-state index contributed by atoms with van der Waals surface area (Å²) < 4.78 is 107. The number of ether oxygens (including phenoxy) is 4. The number of amidine groups is 3. The summed E-state index contributed by atoms with van der Waals surface area (Å²) in [5.41, 5.74) is 23.6. The molecule has 7 aromatic rings. The monoisotopic (exact) mass is 1360 g/mol. The van der Waals surface area contributed by atoms with Crippen LogP contribution in [0, 0.1) is 0 Å². The minimum absolute atomic E-state index is 0.0902. The van der Waals surface area contributed by atoms with Crippen molar-refractivity contribution >= 4 is 65.3 Å². The lowest BCUT2D eigenvalue weighted by Crippen LogP contribution is -2.48. The standard InChI is InChI=1S/C26H31N5O4S.C20H24N4O5S.C20H24N4O4S/c1-4-7-21-9-6-13-31(21)15-20-14-18(11-12-28-20)25(32)29-26(2,3)17-35-22-10-5-8-19-16-36(33,34)30-24(27)23(19)22;1-20(2,23-19(25)13-7-8-22-15(9-13)10-28-3)12-29-16-6-4-5-14-11-30(26,27)24-18(21)17(14)16;1-4-15-10-13(8-9-22-15)19(25)23-20(2,3)12-28-16-7-5-6-14-11-29(26,27)24-18(21)17(14)16/h5-6,8-14H,4,7,15-17H2,1-3H3,(H2,27,30)(H,29,32);4-9H,10-12H2,1-3H3,(H2,21,24)(H,23,25);5-10H,4,11-12H2,1-3H3,(H2,21,24)(H,23,25). The molecule has 3 aromatic carbocycles. The number of aryl methyl sites for hydroxylation is 2.